The van der Waals surface area contributed by atoms with Crippen LogP contribution in [0.15, 0.2) is 10.9 Å². The normalized spacial score (nSPS) is 15.7. The van der Waals surface area contributed by atoms with Gasteiger partial charge in [-0.15, -0.1) is 11.6 Å². The fourth-order valence-corrected chi connectivity index (χ4v) is 2.63. The van der Waals surface area contributed by atoms with E-state index in [4.69, 9.17) is 16.3 Å². The first-order valence-corrected chi connectivity index (χ1v) is 6.68. The second-order valence-corrected chi connectivity index (χ2v) is 4.98. The van der Waals surface area contributed by atoms with E-state index in [1.54, 1.807) is 7.11 Å². The van der Waals surface area contributed by atoms with Crippen molar-refractivity contribution in [1.29, 1.82) is 0 Å². The van der Waals surface area contributed by atoms with E-state index in [1.165, 1.54) is 5.56 Å². The Hall–Kier alpha value is -0.840. The zero-order chi connectivity index (χ0) is 13.1. The Labute approximate surface area is 112 Å². The Morgan fingerprint density at radius 3 is 2.94 bits per heavy atom. The van der Waals surface area contributed by atoms with Gasteiger partial charge in [0, 0.05) is 44.4 Å². The molecule has 5 heteroatoms. The van der Waals surface area contributed by atoms with Crippen LogP contribution in [-0.4, -0.2) is 36.8 Å². The quantitative estimate of drug-likeness (QED) is 0.772. The lowest BCUT2D eigenvalue weighted by molar-refractivity contribution is 0.183. The monoisotopic (exact) mass is 270 g/mol. The highest BCUT2D eigenvalue weighted by atomic mass is 35.5. The minimum absolute atomic E-state index is 0.0327. The number of nitrogens with zero attached hydrogens (tertiary/aromatic N) is 2. The number of aromatic nitrogens is 1. The highest BCUT2D eigenvalue weighted by Gasteiger charge is 2.19. The minimum Gasteiger partial charge on any atom is -0.383 e. The smallest absolute Gasteiger partial charge is 0.255 e. The van der Waals surface area contributed by atoms with Gasteiger partial charge in [0.2, 0.25) is 0 Å². The molecule has 0 N–H and O–H groups in total. The van der Waals surface area contributed by atoms with E-state index in [-0.39, 0.29) is 11.4 Å². The maximum atomic E-state index is 12.3. The average molecular weight is 271 g/mol. The summed E-state index contributed by atoms with van der Waals surface area (Å²) in [5, 5.41) is 0. The summed E-state index contributed by atoms with van der Waals surface area (Å²) >= 11 is 5.86. The number of pyridine rings is 1. The average Bonchev–Trinajstić information content (AvgIpc) is 2.37. The molecule has 0 atom stereocenters. The SMILES string of the molecule is COCCn1c2c(cc(CCl)c1=O)CN(C)CC2. The Kier molecular flexibility index (Phi) is 4.43. The van der Waals surface area contributed by atoms with Crippen molar-refractivity contribution in [2.45, 2.75) is 25.4 Å². The van der Waals surface area contributed by atoms with Crippen molar-refractivity contribution in [2.75, 3.05) is 27.3 Å². The van der Waals surface area contributed by atoms with Crippen LogP contribution in [0, 0.1) is 0 Å². The Bertz CT molecular complexity index is 485. The third-order valence-electron chi connectivity index (χ3n) is 3.40. The van der Waals surface area contributed by atoms with Crippen molar-refractivity contribution in [3.63, 3.8) is 0 Å². The fraction of sp³-hybridized carbons (Fsp3) is 0.615. The van der Waals surface area contributed by atoms with E-state index in [1.807, 2.05) is 10.6 Å². The molecule has 2 rings (SSSR count). The molecule has 1 aromatic heterocycles. The number of hydrogen-bond donors (Lipinski definition) is 0. The summed E-state index contributed by atoms with van der Waals surface area (Å²) in [5.41, 5.74) is 3.08. The highest BCUT2D eigenvalue weighted by molar-refractivity contribution is 6.17. The van der Waals surface area contributed by atoms with Gasteiger partial charge in [-0.25, -0.2) is 0 Å². The summed E-state index contributed by atoms with van der Waals surface area (Å²) in [7, 11) is 3.74. The van der Waals surface area contributed by atoms with Crippen LogP contribution in [0.25, 0.3) is 0 Å². The standard InChI is InChI=1S/C13H19ClN2O2/c1-15-4-3-12-11(9-15)7-10(8-14)13(17)16(12)5-6-18-2/h7H,3-6,8-9H2,1-2H3. The summed E-state index contributed by atoms with van der Waals surface area (Å²) < 4.78 is 6.92. The van der Waals surface area contributed by atoms with Gasteiger partial charge >= 0.3 is 0 Å². The van der Waals surface area contributed by atoms with E-state index in [0.29, 0.717) is 18.7 Å². The first kappa shape index (κ1) is 13.6. The fourth-order valence-electron chi connectivity index (χ4n) is 2.44. The number of hydrogen-bond acceptors (Lipinski definition) is 3. The van der Waals surface area contributed by atoms with Crippen molar-refractivity contribution in [3.8, 4) is 0 Å². The van der Waals surface area contributed by atoms with Gasteiger partial charge in [-0.1, -0.05) is 0 Å². The number of methoxy groups -OCH3 is 1. The number of ether oxygens (including phenoxy) is 1. The number of rotatable bonds is 4. The first-order chi connectivity index (χ1) is 8.67. The van der Waals surface area contributed by atoms with Crippen LogP contribution in [-0.2, 0) is 30.1 Å². The molecule has 0 fully saturated rings. The molecule has 0 bridgehead atoms. The zero-order valence-corrected chi connectivity index (χ0v) is 11.7. The topological polar surface area (TPSA) is 34.5 Å². The summed E-state index contributed by atoms with van der Waals surface area (Å²) in [5.74, 6) is 0.267. The highest BCUT2D eigenvalue weighted by Crippen LogP contribution is 2.18. The van der Waals surface area contributed by atoms with Gasteiger partial charge in [0.1, 0.15) is 0 Å². The van der Waals surface area contributed by atoms with Crippen LogP contribution in [0.1, 0.15) is 16.8 Å². The summed E-state index contributed by atoms with van der Waals surface area (Å²) in [6.07, 6.45) is 0.910. The predicted octanol–water partition coefficient (Wildman–Crippen LogP) is 1.22. The van der Waals surface area contributed by atoms with Crippen molar-refractivity contribution < 1.29 is 4.74 Å². The van der Waals surface area contributed by atoms with Crippen LogP contribution < -0.4 is 5.56 Å². The van der Waals surface area contributed by atoms with E-state index < -0.39 is 0 Å². The molecule has 1 aliphatic rings. The second-order valence-electron chi connectivity index (χ2n) is 4.71. The van der Waals surface area contributed by atoms with E-state index in [2.05, 4.69) is 11.9 Å². The summed E-state index contributed by atoms with van der Waals surface area (Å²) in [6.45, 7) is 3.02. The van der Waals surface area contributed by atoms with Gasteiger partial charge in [-0.3, -0.25) is 4.79 Å². The molecule has 0 unspecified atom stereocenters. The largest absolute Gasteiger partial charge is 0.383 e. The van der Waals surface area contributed by atoms with Gasteiger partial charge in [0.25, 0.3) is 5.56 Å². The third kappa shape index (κ3) is 2.60. The second kappa shape index (κ2) is 5.87. The lowest BCUT2D eigenvalue weighted by Crippen LogP contribution is -2.35. The van der Waals surface area contributed by atoms with E-state index in [9.17, 15) is 4.79 Å². The van der Waals surface area contributed by atoms with Crippen molar-refractivity contribution in [1.82, 2.24) is 9.47 Å². The van der Waals surface area contributed by atoms with Gasteiger partial charge in [0.05, 0.1) is 12.5 Å². The van der Waals surface area contributed by atoms with E-state index in [0.717, 1.165) is 25.2 Å². The molecule has 1 aliphatic heterocycles. The molecule has 0 amide bonds. The molecule has 1 aromatic rings. The number of alkyl halides is 1. The molecule has 0 aliphatic carbocycles. The summed E-state index contributed by atoms with van der Waals surface area (Å²) in [6, 6.07) is 1.96. The van der Waals surface area contributed by atoms with Crippen molar-refractivity contribution >= 4 is 11.6 Å². The zero-order valence-electron chi connectivity index (χ0n) is 10.9. The van der Waals surface area contributed by atoms with Gasteiger partial charge in [-0.2, -0.15) is 0 Å². The molecule has 2 heterocycles. The van der Waals surface area contributed by atoms with Crippen molar-refractivity contribution in [3.05, 3.63) is 33.2 Å². The van der Waals surface area contributed by atoms with Crippen LogP contribution in [0.3, 0.4) is 0 Å². The molecule has 4 nitrogen and oxygen atoms in total. The summed E-state index contributed by atoms with van der Waals surface area (Å²) in [4.78, 5) is 14.5. The molecule has 0 saturated heterocycles. The minimum atomic E-state index is 0.0327. The maximum Gasteiger partial charge on any atom is 0.255 e. The molecular weight excluding hydrogens is 252 g/mol. The van der Waals surface area contributed by atoms with E-state index >= 15 is 0 Å². The Morgan fingerprint density at radius 1 is 1.50 bits per heavy atom. The molecular formula is C13H19ClN2O2. The van der Waals surface area contributed by atoms with Crippen molar-refractivity contribution in [2.24, 2.45) is 0 Å². The third-order valence-corrected chi connectivity index (χ3v) is 3.69. The molecule has 0 spiro atoms. The first-order valence-electron chi connectivity index (χ1n) is 6.15. The van der Waals surface area contributed by atoms with Crippen LogP contribution in [0.4, 0.5) is 0 Å². The van der Waals surface area contributed by atoms with Crippen LogP contribution >= 0.6 is 11.6 Å². The number of likely N-dealkylation sites (N-methyl/N-ethyl adjacent to an activating group) is 1. The molecule has 0 saturated carbocycles. The van der Waals surface area contributed by atoms with Gasteiger partial charge in [0.15, 0.2) is 0 Å². The molecule has 0 aromatic carbocycles. The number of halogens is 1. The lowest BCUT2D eigenvalue weighted by Gasteiger charge is -2.28. The molecule has 18 heavy (non-hydrogen) atoms. The van der Waals surface area contributed by atoms with Crippen LogP contribution in [0.5, 0.6) is 0 Å². The van der Waals surface area contributed by atoms with Crippen LogP contribution in [0.2, 0.25) is 0 Å². The van der Waals surface area contributed by atoms with Gasteiger partial charge in [-0.05, 0) is 18.7 Å². The maximum absolute atomic E-state index is 12.3. The molecule has 0 radical (unpaired) electrons. The van der Waals surface area contributed by atoms with Gasteiger partial charge < -0.3 is 14.2 Å². The number of fused-ring (bicyclic) bond motifs is 1. The molecule has 100 valence electrons. The Balaban J connectivity index is 2.47. The predicted molar refractivity (Wildman–Crippen MR) is 72.2 cm³/mol. The Morgan fingerprint density at radius 2 is 2.28 bits per heavy atom. The lowest BCUT2D eigenvalue weighted by atomic mass is 10.0.